The number of hydrogen-bond acceptors (Lipinski definition) is 3. The number of carbonyl (C=O) groups excluding carboxylic acids is 1. The molecule has 0 bridgehead atoms. The minimum atomic E-state index is -0.257. The maximum absolute atomic E-state index is 12.4. The molecule has 4 nitrogen and oxygen atoms in total. The normalized spacial score (nSPS) is 11.8. The first-order chi connectivity index (χ1) is 10.1. The second-order valence-corrected chi connectivity index (χ2v) is 5.63. The van der Waals surface area contributed by atoms with E-state index in [1.165, 1.54) is 0 Å². The summed E-state index contributed by atoms with van der Waals surface area (Å²) in [6.07, 6.45) is 3.42. The summed E-state index contributed by atoms with van der Waals surface area (Å²) >= 11 is 3.43. The highest BCUT2D eigenvalue weighted by Crippen LogP contribution is 2.27. The zero-order valence-electron chi connectivity index (χ0n) is 12.1. The molecule has 1 aromatic heterocycles. The lowest BCUT2D eigenvalue weighted by atomic mass is 10.0. The Morgan fingerprint density at radius 3 is 2.81 bits per heavy atom. The number of aromatic nitrogens is 1. The first kappa shape index (κ1) is 15.5. The van der Waals surface area contributed by atoms with E-state index in [0.29, 0.717) is 0 Å². The van der Waals surface area contributed by atoms with Gasteiger partial charge in [-0.2, -0.15) is 0 Å². The molecule has 5 heteroatoms. The molecule has 0 aliphatic carbocycles. The van der Waals surface area contributed by atoms with E-state index in [2.05, 4.69) is 31.5 Å². The lowest BCUT2D eigenvalue weighted by Gasteiger charge is -2.16. The molecule has 110 valence electrons. The predicted octanol–water partition coefficient (Wildman–Crippen LogP) is 4.02. The Bertz CT molecular complexity index is 616. The molecule has 2 rings (SSSR count). The maximum Gasteiger partial charge on any atom is 0.231 e. The smallest absolute Gasteiger partial charge is 0.231 e. The van der Waals surface area contributed by atoms with Gasteiger partial charge in [-0.15, -0.1) is 0 Å². The van der Waals surface area contributed by atoms with Crippen LogP contribution in [0.1, 0.15) is 25.3 Å². The monoisotopic (exact) mass is 347 g/mol. The van der Waals surface area contributed by atoms with Crippen molar-refractivity contribution in [2.75, 3.05) is 17.2 Å². The molecule has 1 amide bonds. The summed E-state index contributed by atoms with van der Waals surface area (Å²) in [5.41, 5.74) is 2.58. The van der Waals surface area contributed by atoms with E-state index in [0.717, 1.165) is 28.0 Å². The van der Waals surface area contributed by atoms with Crippen molar-refractivity contribution >= 4 is 33.2 Å². The van der Waals surface area contributed by atoms with Crippen LogP contribution in [0.25, 0.3) is 0 Å². The van der Waals surface area contributed by atoms with Crippen molar-refractivity contribution < 1.29 is 4.79 Å². The van der Waals surface area contributed by atoms with Gasteiger partial charge in [0, 0.05) is 23.4 Å². The van der Waals surface area contributed by atoms with E-state index in [9.17, 15) is 4.79 Å². The highest BCUT2D eigenvalue weighted by molar-refractivity contribution is 9.10. The molecule has 2 N–H and O–H groups in total. The molecule has 0 saturated carbocycles. The van der Waals surface area contributed by atoms with Gasteiger partial charge in [0.2, 0.25) is 5.91 Å². The molecule has 1 aromatic carbocycles. The molecule has 0 unspecified atom stereocenters. The van der Waals surface area contributed by atoms with Crippen LogP contribution in [0.15, 0.2) is 47.2 Å². The van der Waals surface area contributed by atoms with Crippen LogP contribution < -0.4 is 10.6 Å². The lowest BCUT2D eigenvalue weighted by molar-refractivity contribution is -0.117. The van der Waals surface area contributed by atoms with Crippen molar-refractivity contribution in [2.45, 2.75) is 19.8 Å². The molecule has 0 aliphatic heterocycles. The van der Waals surface area contributed by atoms with Gasteiger partial charge in [-0.1, -0.05) is 22.0 Å². The predicted molar refractivity (Wildman–Crippen MR) is 89.6 cm³/mol. The fourth-order valence-corrected chi connectivity index (χ4v) is 2.35. The van der Waals surface area contributed by atoms with Crippen LogP contribution in [0.3, 0.4) is 0 Å². The Morgan fingerprint density at radius 2 is 2.14 bits per heavy atom. The number of benzene rings is 1. The second kappa shape index (κ2) is 7.22. The molecule has 1 heterocycles. The van der Waals surface area contributed by atoms with E-state index >= 15 is 0 Å². The third kappa shape index (κ3) is 4.04. The summed E-state index contributed by atoms with van der Waals surface area (Å²) in [7, 11) is 0. The summed E-state index contributed by atoms with van der Waals surface area (Å²) in [5.74, 6) is -0.313. The van der Waals surface area contributed by atoms with Gasteiger partial charge in [0.25, 0.3) is 0 Å². The van der Waals surface area contributed by atoms with Crippen LogP contribution >= 0.6 is 15.9 Å². The minimum Gasteiger partial charge on any atom is -0.384 e. The molecular weight excluding hydrogens is 330 g/mol. The van der Waals surface area contributed by atoms with Crippen LogP contribution in [0.4, 0.5) is 11.4 Å². The van der Waals surface area contributed by atoms with Crippen molar-refractivity contribution in [3.63, 3.8) is 0 Å². The summed E-state index contributed by atoms with van der Waals surface area (Å²) in [6.45, 7) is 4.69. The quantitative estimate of drug-likeness (QED) is 0.858. The van der Waals surface area contributed by atoms with Gasteiger partial charge in [-0.25, -0.2) is 0 Å². The van der Waals surface area contributed by atoms with E-state index in [-0.39, 0.29) is 11.8 Å². The van der Waals surface area contributed by atoms with Gasteiger partial charge < -0.3 is 10.6 Å². The lowest BCUT2D eigenvalue weighted by Crippen LogP contribution is -2.20. The third-order valence-electron chi connectivity index (χ3n) is 3.18. The Balaban J connectivity index is 2.17. The molecule has 2 aromatic rings. The molecule has 0 spiro atoms. The number of hydrogen-bond donors (Lipinski definition) is 2. The van der Waals surface area contributed by atoms with Crippen molar-refractivity contribution in [2.24, 2.45) is 0 Å². The zero-order valence-corrected chi connectivity index (χ0v) is 13.6. The van der Waals surface area contributed by atoms with Crippen LogP contribution in [0.2, 0.25) is 0 Å². The average Bonchev–Trinajstić information content (AvgIpc) is 2.50. The fraction of sp³-hybridized carbons (Fsp3) is 0.250. The summed E-state index contributed by atoms with van der Waals surface area (Å²) in [4.78, 5) is 16.5. The molecule has 0 radical (unpaired) electrons. The van der Waals surface area contributed by atoms with Crippen molar-refractivity contribution in [1.29, 1.82) is 0 Å². The first-order valence-corrected chi connectivity index (χ1v) is 7.65. The van der Waals surface area contributed by atoms with Crippen molar-refractivity contribution in [3.05, 3.63) is 52.8 Å². The Hall–Kier alpha value is -1.88. The van der Waals surface area contributed by atoms with Gasteiger partial charge in [-0.05, 0) is 43.7 Å². The number of anilines is 2. The number of nitrogens with zero attached hydrogens (tertiary/aromatic N) is 1. The van der Waals surface area contributed by atoms with Gasteiger partial charge in [0.1, 0.15) is 0 Å². The Morgan fingerprint density at radius 1 is 1.33 bits per heavy atom. The fourth-order valence-electron chi connectivity index (χ4n) is 1.99. The largest absolute Gasteiger partial charge is 0.384 e. The summed E-state index contributed by atoms with van der Waals surface area (Å²) in [5, 5.41) is 6.21. The van der Waals surface area contributed by atoms with Gasteiger partial charge in [0.05, 0.1) is 17.3 Å². The highest BCUT2D eigenvalue weighted by Gasteiger charge is 2.16. The van der Waals surface area contributed by atoms with Gasteiger partial charge in [0.15, 0.2) is 0 Å². The molecule has 21 heavy (non-hydrogen) atoms. The van der Waals surface area contributed by atoms with Gasteiger partial charge >= 0.3 is 0 Å². The number of halogens is 1. The summed E-state index contributed by atoms with van der Waals surface area (Å²) in [6, 6.07) is 9.52. The molecular formula is C16H18BrN3O. The third-order valence-corrected chi connectivity index (χ3v) is 3.68. The SMILES string of the molecule is CCNc1ccc(Br)cc1NC(=O)[C@H](C)c1cccnc1. The number of amides is 1. The number of rotatable bonds is 5. The van der Waals surface area contributed by atoms with E-state index in [4.69, 9.17) is 0 Å². The maximum atomic E-state index is 12.4. The molecule has 1 atom stereocenters. The van der Waals surface area contributed by atoms with E-state index < -0.39 is 0 Å². The Kier molecular flexibility index (Phi) is 5.33. The van der Waals surface area contributed by atoms with Crippen molar-refractivity contribution in [1.82, 2.24) is 4.98 Å². The first-order valence-electron chi connectivity index (χ1n) is 6.86. The van der Waals surface area contributed by atoms with E-state index in [1.54, 1.807) is 12.4 Å². The average molecular weight is 348 g/mol. The van der Waals surface area contributed by atoms with Crippen LogP contribution in [-0.2, 0) is 4.79 Å². The standard InChI is InChI=1S/C16H18BrN3O/c1-3-19-14-7-6-13(17)9-15(14)20-16(21)11(2)12-5-4-8-18-10-12/h4-11,19H,3H2,1-2H3,(H,20,21)/t11-/m1/s1. The van der Waals surface area contributed by atoms with Gasteiger partial charge in [-0.3, -0.25) is 9.78 Å². The number of nitrogens with one attached hydrogen (secondary N) is 2. The second-order valence-electron chi connectivity index (χ2n) is 4.72. The van der Waals surface area contributed by atoms with Crippen LogP contribution in [0, 0.1) is 0 Å². The minimum absolute atomic E-state index is 0.0553. The summed E-state index contributed by atoms with van der Waals surface area (Å²) < 4.78 is 0.925. The topological polar surface area (TPSA) is 54.0 Å². The Labute approximate surface area is 133 Å². The molecule has 0 aliphatic rings. The molecule has 0 saturated heterocycles. The molecule has 0 fully saturated rings. The number of pyridine rings is 1. The van der Waals surface area contributed by atoms with Crippen molar-refractivity contribution in [3.8, 4) is 0 Å². The van der Waals surface area contributed by atoms with E-state index in [1.807, 2.05) is 44.2 Å². The van der Waals surface area contributed by atoms with Crippen LogP contribution in [0.5, 0.6) is 0 Å². The zero-order chi connectivity index (χ0) is 15.2. The highest BCUT2D eigenvalue weighted by atomic mass is 79.9. The van der Waals surface area contributed by atoms with Crippen LogP contribution in [-0.4, -0.2) is 17.4 Å². The number of carbonyl (C=O) groups is 1.